The van der Waals surface area contributed by atoms with Gasteiger partial charge < -0.3 is 9.84 Å². The summed E-state index contributed by atoms with van der Waals surface area (Å²) < 4.78 is 41.3. The summed E-state index contributed by atoms with van der Waals surface area (Å²) in [5, 5.41) is 10.7. The number of aliphatic imine (C=N–C) groups is 1. The van der Waals surface area contributed by atoms with Gasteiger partial charge in [-0.05, 0) is 18.2 Å². The molecule has 5 nitrogen and oxygen atoms in total. The topological polar surface area (TPSA) is 74.7 Å². The van der Waals surface area contributed by atoms with Crippen molar-refractivity contribution >= 4 is 22.7 Å². The van der Waals surface area contributed by atoms with Crippen molar-refractivity contribution in [3.63, 3.8) is 0 Å². The maximum atomic E-state index is 12.4. The van der Waals surface area contributed by atoms with Crippen molar-refractivity contribution in [3.8, 4) is 11.6 Å². The molecule has 0 unspecified atom stereocenters. The molecule has 2 aromatic carbocycles. The summed E-state index contributed by atoms with van der Waals surface area (Å²) in [5.41, 5.74) is -0.377. The maximum Gasteiger partial charge on any atom is 0.573 e. The smallest absolute Gasteiger partial charge is 0.494 e. The molecular formula is C17H11F3N2O3. The highest BCUT2D eigenvalue weighted by molar-refractivity contribution is 6.02. The Morgan fingerprint density at radius 1 is 1.04 bits per heavy atom. The minimum Gasteiger partial charge on any atom is -0.494 e. The number of H-pyrrole nitrogens is 1. The van der Waals surface area contributed by atoms with Crippen molar-refractivity contribution in [1.29, 1.82) is 0 Å². The molecule has 0 saturated heterocycles. The lowest BCUT2D eigenvalue weighted by molar-refractivity contribution is -0.274. The molecule has 1 aromatic heterocycles. The van der Waals surface area contributed by atoms with Crippen LogP contribution in [-0.2, 0) is 0 Å². The number of para-hydroxylation sites is 2. The molecule has 8 heteroatoms. The second-order valence-corrected chi connectivity index (χ2v) is 5.04. The van der Waals surface area contributed by atoms with Crippen LogP contribution in [0.15, 0.2) is 58.3 Å². The number of hydrogen-bond acceptors (Lipinski definition) is 4. The third-order valence-corrected chi connectivity index (χ3v) is 3.37. The van der Waals surface area contributed by atoms with E-state index in [1.165, 1.54) is 24.4 Å². The summed E-state index contributed by atoms with van der Waals surface area (Å²) >= 11 is 0. The van der Waals surface area contributed by atoms with E-state index in [-0.39, 0.29) is 11.3 Å². The molecule has 0 fully saturated rings. The number of fused-ring (bicyclic) bond motifs is 1. The number of aromatic hydroxyl groups is 1. The zero-order chi connectivity index (χ0) is 18.0. The highest BCUT2D eigenvalue weighted by Crippen LogP contribution is 2.32. The summed E-state index contributed by atoms with van der Waals surface area (Å²) in [5.74, 6) is -0.902. The number of aromatic amines is 1. The van der Waals surface area contributed by atoms with E-state index in [1.54, 1.807) is 24.3 Å². The predicted octanol–water partition coefficient (Wildman–Crippen LogP) is 3.88. The van der Waals surface area contributed by atoms with Gasteiger partial charge >= 0.3 is 6.36 Å². The van der Waals surface area contributed by atoms with Gasteiger partial charge in [-0.3, -0.25) is 14.8 Å². The fourth-order valence-electron chi connectivity index (χ4n) is 2.33. The molecule has 0 saturated carbocycles. The Labute approximate surface area is 139 Å². The maximum absolute atomic E-state index is 12.4. The number of nitrogens with one attached hydrogen (secondary N) is 1. The van der Waals surface area contributed by atoms with Gasteiger partial charge in [0.25, 0.3) is 5.56 Å². The summed E-state index contributed by atoms with van der Waals surface area (Å²) in [6.45, 7) is 0. The Morgan fingerprint density at radius 3 is 2.40 bits per heavy atom. The number of alkyl halides is 3. The number of ether oxygens (including phenoxy) is 1. The van der Waals surface area contributed by atoms with E-state index in [0.717, 1.165) is 6.07 Å². The lowest BCUT2D eigenvalue weighted by Gasteiger charge is -2.10. The highest BCUT2D eigenvalue weighted by atomic mass is 19.4. The van der Waals surface area contributed by atoms with E-state index in [4.69, 9.17) is 0 Å². The molecule has 0 aliphatic heterocycles. The second-order valence-electron chi connectivity index (χ2n) is 5.04. The van der Waals surface area contributed by atoms with Crippen molar-refractivity contribution in [2.24, 2.45) is 4.99 Å². The number of halogens is 3. The molecule has 3 rings (SSSR count). The van der Waals surface area contributed by atoms with Gasteiger partial charge in [0.15, 0.2) is 5.75 Å². The van der Waals surface area contributed by atoms with Gasteiger partial charge in [0.2, 0.25) is 5.88 Å². The number of rotatable bonds is 3. The molecule has 3 aromatic rings. The third-order valence-electron chi connectivity index (χ3n) is 3.37. The van der Waals surface area contributed by atoms with Crippen LogP contribution in [0, 0.1) is 0 Å². The molecule has 25 heavy (non-hydrogen) atoms. The normalized spacial score (nSPS) is 12.0. The molecule has 0 amide bonds. The first-order valence-corrected chi connectivity index (χ1v) is 7.08. The van der Waals surface area contributed by atoms with E-state index in [2.05, 4.69) is 14.7 Å². The summed E-state index contributed by atoms with van der Waals surface area (Å²) in [6, 6.07) is 11.8. The van der Waals surface area contributed by atoms with Gasteiger partial charge in [-0.1, -0.05) is 30.3 Å². The molecule has 1 heterocycles. The van der Waals surface area contributed by atoms with Crippen molar-refractivity contribution in [3.05, 3.63) is 64.4 Å². The van der Waals surface area contributed by atoms with E-state index in [1.807, 2.05) is 0 Å². The van der Waals surface area contributed by atoms with Crippen LogP contribution in [0.4, 0.5) is 18.9 Å². The lowest BCUT2D eigenvalue weighted by atomic mass is 10.1. The van der Waals surface area contributed by atoms with E-state index >= 15 is 0 Å². The standard InChI is InChI=1S/C17H11F3N2O3/c18-17(19,20)25-14-8-4-3-7-13(14)21-9-12-10-5-1-2-6-11(10)15(23)22-16(12)24/h1-9H,(H2,22,23,24). The van der Waals surface area contributed by atoms with Gasteiger partial charge in [0.05, 0.1) is 5.56 Å². The molecule has 0 spiro atoms. The van der Waals surface area contributed by atoms with E-state index in [9.17, 15) is 23.1 Å². The first-order chi connectivity index (χ1) is 11.8. The number of hydrogen-bond donors (Lipinski definition) is 2. The molecular weight excluding hydrogens is 337 g/mol. The van der Waals surface area contributed by atoms with E-state index < -0.39 is 23.6 Å². The van der Waals surface area contributed by atoms with Crippen LogP contribution in [-0.4, -0.2) is 22.7 Å². The lowest BCUT2D eigenvalue weighted by Crippen LogP contribution is -2.17. The Hall–Kier alpha value is -3.29. The Bertz CT molecular complexity index is 1010. The quantitative estimate of drug-likeness (QED) is 0.706. The summed E-state index contributed by atoms with van der Waals surface area (Å²) in [6.07, 6.45) is -3.68. The summed E-state index contributed by atoms with van der Waals surface area (Å²) in [7, 11) is 0. The Morgan fingerprint density at radius 2 is 1.68 bits per heavy atom. The molecule has 0 aliphatic carbocycles. The number of pyridine rings is 1. The number of aromatic nitrogens is 1. The van der Waals surface area contributed by atoms with Gasteiger partial charge in [-0.15, -0.1) is 13.2 Å². The van der Waals surface area contributed by atoms with Crippen LogP contribution in [0.3, 0.4) is 0 Å². The molecule has 0 bridgehead atoms. The van der Waals surface area contributed by atoms with Crippen LogP contribution in [0.1, 0.15) is 5.56 Å². The molecule has 128 valence electrons. The molecule has 0 radical (unpaired) electrons. The van der Waals surface area contributed by atoms with E-state index in [0.29, 0.717) is 10.8 Å². The minimum absolute atomic E-state index is 0.0745. The minimum atomic E-state index is -4.85. The van der Waals surface area contributed by atoms with Crippen LogP contribution in [0.25, 0.3) is 10.8 Å². The van der Waals surface area contributed by atoms with Gasteiger partial charge in [0.1, 0.15) is 5.69 Å². The van der Waals surface area contributed by atoms with Gasteiger partial charge in [-0.2, -0.15) is 0 Å². The highest BCUT2D eigenvalue weighted by Gasteiger charge is 2.32. The zero-order valence-electron chi connectivity index (χ0n) is 12.5. The van der Waals surface area contributed by atoms with Gasteiger partial charge in [0, 0.05) is 17.0 Å². The molecule has 0 atom stereocenters. The van der Waals surface area contributed by atoms with Crippen LogP contribution >= 0.6 is 0 Å². The first kappa shape index (κ1) is 16.6. The average molecular weight is 348 g/mol. The number of benzene rings is 2. The Balaban J connectivity index is 2.07. The first-order valence-electron chi connectivity index (χ1n) is 7.08. The third kappa shape index (κ3) is 3.63. The van der Waals surface area contributed by atoms with Crippen molar-refractivity contribution in [1.82, 2.24) is 4.98 Å². The van der Waals surface area contributed by atoms with Crippen molar-refractivity contribution in [2.45, 2.75) is 6.36 Å². The fourth-order valence-corrected chi connectivity index (χ4v) is 2.33. The van der Waals surface area contributed by atoms with Gasteiger partial charge in [-0.25, -0.2) is 0 Å². The molecule has 0 aliphatic rings. The monoisotopic (exact) mass is 348 g/mol. The van der Waals surface area contributed by atoms with Crippen molar-refractivity contribution in [2.75, 3.05) is 0 Å². The van der Waals surface area contributed by atoms with Crippen LogP contribution < -0.4 is 10.3 Å². The average Bonchev–Trinajstić information content (AvgIpc) is 2.54. The predicted molar refractivity (Wildman–Crippen MR) is 86.6 cm³/mol. The van der Waals surface area contributed by atoms with Crippen LogP contribution in [0.5, 0.6) is 11.6 Å². The zero-order valence-corrected chi connectivity index (χ0v) is 12.5. The second kappa shape index (κ2) is 6.31. The SMILES string of the molecule is O=c1[nH]c(O)c(C=Nc2ccccc2OC(F)(F)F)c2ccccc12. The summed E-state index contributed by atoms with van der Waals surface area (Å²) in [4.78, 5) is 18.1. The number of nitrogens with zero attached hydrogens (tertiary/aromatic N) is 1. The van der Waals surface area contributed by atoms with Crippen molar-refractivity contribution < 1.29 is 23.0 Å². The fraction of sp³-hybridized carbons (Fsp3) is 0.0588. The van der Waals surface area contributed by atoms with Crippen LogP contribution in [0.2, 0.25) is 0 Å². The largest absolute Gasteiger partial charge is 0.573 e. The Kier molecular flexibility index (Phi) is 4.18. The molecule has 2 N–H and O–H groups in total.